The number of ether oxygens (including phenoxy) is 6. The van der Waals surface area contributed by atoms with E-state index in [1.54, 1.807) is 52.0 Å². The third kappa shape index (κ3) is 13.5. The smallest absolute Gasteiger partial charge is 0.259 e. The average Bonchev–Trinajstić information content (AvgIpc) is 4.15. The molecule has 0 bridgehead atoms. The number of rotatable bonds is 15. The standard InChI is InChI=1S/C28H31Cl2N5O4.C22H20Cl2N4O3.C6H12BrNO.BrH/c1-5-35-22-13-21(20-16-34(32-17(20)2)7-6-33-8-10-39-11-9-33)31-15-18(22)12-19(28(35)36)25-26(29)23(37-3)14-24(38-4)27(25)30;1-5-28-16-7-15(14-10-26-27-11(14)2)25-9-12(16)6-13(22(28)29)19-20(23)17(30-3)8-18(31-4)21(19)24;7-1-2-8-3-5-9-6-4-8;/h12-16H,5-11H2,1-4H3;6-10H,5H2,1-4H3,(H,26,27);1-6H2;1H. The summed E-state index contributed by atoms with van der Waals surface area (Å²) in [7, 11) is 5.99. The highest BCUT2D eigenvalue weighted by Gasteiger charge is 2.25. The van der Waals surface area contributed by atoms with Crippen LogP contribution in [0.2, 0.25) is 20.1 Å². The fourth-order valence-corrected chi connectivity index (χ4v) is 11.5. The number of nitrogens with zero attached hydrogens (tertiary/aromatic N) is 9. The molecule has 80 heavy (non-hydrogen) atoms. The maximum Gasteiger partial charge on any atom is 0.259 e. The number of hydrogen-bond acceptors (Lipinski definition) is 14. The van der Waals surface area contributed by atoms with Gasteiger partial charge in [0.15, 0.2) is 0 Å². The highest BCUT2D eigenvalue weighted by molar-refractivity contribution is 9.09. The van der Waals surface area contributed by atoms with Gasteiger partial charge in [-0.05, 0) is 52.0 Å². The van der Waals surface area contributed by atoms with Crippen LogP contribution in [0.5, 0.6) is 23.0 Å². The Labute approximate surface area is 503 Å². The van der Waals surface area contributed by atoms with Gasteiger partial charge < -0.3 is 37.6 Å². The number of alkyl halides is 1. The molecule has 2 aromatic carbocycles. The number of methoxy groups -OCH3 is 4. The van der Waals surface area contributed by atoms with Crippen molar-refractivity contribution in [3.8, 4) is 67.8 Å². The molecule has 2 aliphatic heterocycles. The third-order valence-corrected chi connectivity index (χ3v) is 15.7. The predicted molar refractivity (Wildman–Crippen MR) is 327 cm³/mol. The van der Waals surface area contributed by atoms with Crippen LogP contribution in [0.1, 0.15) is 25.2 Å². The zero-order valence-electron chi connectivity index (χ0n) is 45.8. The van der Waals surface area contributed by atoms with Crippen molar-refractivity contribution in [2.45, 2.75) is 47.3 Å². The van der Waals surface area contributed by atoms with Crippen molar-refractivity contribution in [2.24, 2.45) is 0 Å². The number of halogens is 6. The van der Waals surface area contributed by atoms with Gasteiger partial charge in [0.1, 0.15) is 23.0 Å². The molecule has 428 valence electrons. The van der Waals surface area contributed by atoms with Gasteiger partial charge in [-0.15, -0.1) is 17.0 Å². The van der Waals surface area contributed by atoms with Crippen LogP contribution < -0.4 is 30.1 Å². The first kappa shape index (κ1) is 62.3. The molecular formula is C56H64Br2Cl4N10O8. The van der Waals surface area contributed by atoms with E-state index in [1.807, 2.05) is 50.7 Å². The summed E-state index contributed by atoms with van der Waals surface area (Å²) in [6.07, 6.45) is 7.23. The first-order chi connectivity index (χ1) is 38.2. The fraction of sp³-hybridized carbons (Fsp3) is 0.393. The summed E-state index contributed by atoms with van der Waals surface area (Å²) in [5, 5.41) is 15.3. The van der Waals surface area contributed by atoms with Gasteiger partial charge in [0.25, 0.3) is 11.1 Å². The zero-order valence-corrected chi connectivity index (χ0v) is 52.1. The van der Waals surface area contributed by atoms with Crippen LogP contribution in [0.3, 0.4) is 0 Å². The number of benzene rings is 2. The van der Waals surface area contributed by atoms with Crippen LogP contribution in [0.15, 0.2) is 70.8 Å². The molecule has 0 unspecified atom stereocenters. The predicted octanol–water partition coefficient (Wildman–Crippen LogP) is 11.3. The van der Waals surface area contributed by atoms with E-state index in [2.05, 4.69) is 40.9 Å². The third-order valence-electron chi connectivity index (χ3n) is 13.9. The molecule has 10 rings (SSSR count). The van der Waals surface area contributed by atoms with Crippen LogP contribution in [0, 0.1) is 13.8 Å². The van der Waals surface area contributed by atoms with Gasteiger partial charge in [0, 0.05) is 127 Å². The summed E-state index contributed by atoms with van der Waals surface area (Å²) in [6.45, 7) is 18.9. The van der Waals surface area contributed by atoms with Crippen LogP contribution in [-0.4, -0.2) is 148 Å². The van der Waals surface area contributed by atoms with Crippen molar-refractivity contribution in [2.75, 3.05) is 99.5 Å². The Bertz CT molecular complexity index is 3520. The molecule has 18 nitrogen and oxygen atoms in total. The van der Waals surface area contributed by atoms with Gasteiger partial charge in [0.2, 0.25) is 0 Å². The number of morpholine rings is 2. The lowest BCUT2D eigenvalue weighted by atomic mass is 10.0. The topological polar surface area (TPSA) is 178 Å². The van der Waals surface area contributed by atoms with E-state index in [4.69, 9.17) is 84.9 Å². The highest BCUT2D eigenvalue weighted by Crippen LogP contribution is 2.47. The number of fused-ring (bicyclic) bond motifs is 2. The second-order valence-corrected chi connectivity index (χ2v) is 20.7. The van der Waals surface area contributed by atoms with Gasteiger partial charge in [-0.2, -0.15) is 10.2 Å². The summed E-state index contributed by atoms with van der Waals surface area (Å²) in [5.41, 5.74) is 7.56. The molecule has 6 aromatic heterocycles. The van der Waals surface area contributed by atoms with Gasteiger partial charge in [-0.3, -0.25) is 39.1 Å². The largest absolute Gasteiger partial charge is 0.495 e. The molecule has 2 saturated heterocycles. The van der Waals surface area contributed by atoms with E-state index in [0.717, 1.165) is 133 Å². The molecule has 0 radical (unpaired) electrons. The Kier molecular flexibility index (Phi) is 22.3. The molecule has 24 heteroatoms. The molecular weight excluding hydrogens is 1240 g/mol. The van der Waals surface area contributed by atoms with E-state index < -0.39 is 0 Å². The van der Waals surface area contributed by atoms with Crippen LogP contribution in [0.4, 0.5) is 0 Å². The maximum atomic E-state index is 13.8. The molecule has 8 heterocycles. The molecule has 1 N–H and O–H groups in total. The lowest BCUT2D eigenvalue weighted by Crippen LogP contribution is -2.38. The van der Waals surface area contributed by atoms with Crippen molar-refractivity contribution in [1.29, 1.82) is 0 Å². The van der Waals surface area contributed by atoms with Crippen molar-refractivity contribution in [3.05, 3.63) is 113 Å². The summed E-state index contributed by atoms with van der Waals surface area (Å²) >= 11 is 29.8. The molecule has 2 fully saturated rings. The molecule has 0 amide bonds. The van der Waals surface area contributed by atoms with E-state index in [9.17, 15) is 9.59 Å². The quantitative estimate of drug-likeness (QED) is 0.0959. The first-order valence-corrected chi connectivity index (χ1v) is 28.3. The summed E-state index contributed by atoms with van der Waals surface area (Å²) in [4.78, 5) is 41.4. The van der Waals surface area contributed by atoms with Gasteiger partial charge in [-0.1, -0.05) is 62.3 Å². The summed E-state index contributed by atoms with van der Waals surface area (Å²) in [5.74, 6) is 1.46. The van der Waals surface area contributed by atoms with Gasteiger partial charge in [-0.25, -0.2) is 0 Å². The van der Waals surface area contributed by atoms with Crippen LogP contribution in [-0.2, 0) is 29.1 Å². The zero-order chi connectivity index (χ0) is 56.5. The second-order valence-electron chi connectivity index (χ2n) is 18.4. The van der Waals surface area contributed by atoms with E-state index >= 15 is 0 Å². The van der Waals surface area contributed by atoms with Crippen molar-refractivity contribution in [1.82, 2.24) is 48.9 Å². The lowest BCUT2D eigenvalue weighted by molar-refractivity contribution is 0.0359. The number of pyridine rings is 4. The minimum Gasteiger partial charge on any atom is -0.495 e. The van der Waals surface area contributed by atoms with E-state index in [0.29, 0.717) is 58.3 Å². The fourth-order valence-electron chi connectivity index (χ4n) is 9.58. The van der Waals surface area contributed by atoms with Gasteiger partial charge in [0.05, 0.1) is 127 Å². The Balaban J connectivity index is 0.000000201. The van der Waals surface area contributed by atoms with Crippen molar-refractivity contribution < 1.29 is 28.4 Å². The van der Waals surface area contributed by atoms with Crippen molar-refractivity contribution >= 4 is 101 Å². The number of aromatic amines is 1. The minimum atomic E-state index is -0.227. The maximum absolute atomic E-state index is 13.8. The SMILES string of the molecule is Br.BrCCN1CCOCC1.CCn1c(=O)c(-c2c(Cl)c(OC)cc(OC)c2Cl)cc2cnc(-c3cn(CCN4CCOCC4)nc3C)cc21.CCn1c(=O)c(-c2c(Cl)c(OC)cc(OC)c2Cl)cc2cnc(-c3cn[nH]c3C)cc21. The second kappa shape index (κ2) is 28.6. The number of H-pyrrole nitrogens is 1. The average molecular weight is 1310 g/mol. The van der Waals surface area contributed by atoms with E-state index in [-0.39, 0.29) is 48.2 Å². The number of nitrogens with one attached hydrogen (secondary N) is 1. The molecule has 2 aliphatic rings. The first-order valence-electron chi connectivity index (χ1n) is 25.7. The molecule has 0 saturated carbocycles. The Morgan fingerprint density at radius 3 is 1.40 bits per heavy atom. The Morgan fingerprint density at radius 2 is 1.01 bits per heavy atom. The molecule has 8 aromatic rings. The lowest BCUT2D eigenvalue weighted by Gasteiger charge is -2.26. The molecule has 0 atom stereocenters. The van der Waals surface area contributed by atoms with Gasteiger partial charge >= 0.3 is 0 Å². The monoisotopic (exact) mass is 1300 g/mol. The summed E-state index contributed by atoms with van der Waals surface area (Å²) in [6, 6.07) is 10.5. The van der Waals surface area contributed by atoms with Crippen molar-refractivity contribution in [3.63, 3.8) is 0 Å². The van der Waals surface area contributed by atoms with Crippen LogP contribution >= 0.6 is 79.3 Å². The number of hydrogen-bond donors (Lipinski definition) is 1. The Hall–Kier alpha value is -5.26. The highest BCUT2D eigenvalue weighted by atomic mass is 79.9. The Morgan fingerprint density at radius 1 is 0.588 bits per heavy atom. The molecule has 0 spiro atoms. The molecule has 0 aliphatic carbocycles. The normalized spacial score (nSPS) is 13.8. The number of aryl methyl sites for hydroxylation is 4. The number of aromatic nitrogens is 8. The minimum absolute atomic E-state index is 0. The summed E-state index contributed by atoms with van der Waals surface area (Å²) < 4.78 is 37.5. The van der Waals surface area contributed by atoms with E-state index in [1.165, 1.54) is 28.4 Å². The van der Waals surface area contributed by atoms with Crippen LogP contribution in [0.25, 0.3) is 66.6 Å².